The Bertz CT molecular complexity index is 2990. The minimum atomic E-state index is 0.178. The predicted octanol–water partition coefficient (Wildman–Crippen LogP) is 12.9. The van der Waals surface area contributed by atoms with Crippen molar-refractivity contribution in [3.8, 4) is 0 Å². The standard InChI is InChI=1S/C52H40N4/c1-53-47-31-37(55-43-19-9-3-13-33(43)23-24-34-14-4-10-20-44(34)55)27-29-41(47)49-39-17-7-8-18-40(39)50-42-30-28-38(32-48(42)54(2)52(50)51(49)53)56-45-21-11-5-15-35(45)25-26-36-16-6-12-22-46(36)56/h3-11,13-21,23-32,42,48H,12,22H2,1-2H3. The van der Waals surface area contributed by atoms with Crippen molar-refractivity contribution >= 4 is 79.2 Å². The van der Waals surface area contributed by atoms with E-state index in [9.17, 15) is 0 Å². The van der Waals surface area contributed by atoms with Crippen LogP contribution in [0.3, 0.4) is 0 Å². The molecule has 12 rings (SSSR count). The fourth-order valence-corrected chi connectivity index (χ4v) is 10.3. The number of aromatic nitrogens is 1. The fraction of sp³-hybridized carbons (Fsp3) is 0.115. The second-order valence-electron chi connectivity index (χ2n) is 15.7. The summed E-state index contributed by atoms with van der Waals surface area (Å²) < 4.78 is 2.47. The molecule has 0 saturated carbocycles. The SMILES string of the molecule is CN1c2c(c3ccccc3c3c4ccc(N5c6ccccc6C=Cc6ccccc65)cc4n(C)c23)C2C=CC(N3C4=C(C=CCC4)C=Cc4ccccc43)=CC21. The first-order valence-corrected chi connectivity index (χ1v) is 19.9. The van der Waals surface area contributed by atoms with Crippen LogP contribution in [-0.4, -0.2) is 17.7 Å². The van der Waals surface area contributed by atoms with E-state index in [4.69, 9.17) is 0 Å². The van der Waals surface area contributed by atoms with Crippen LogP contribution >= 0.6 is 0 Å². The number of allylic oxidation sites excluding steroid dienone is 6. The van der Waals surface area contributed by atoms with Crippen LogP contribution in [0.2, 0.25) is 0 Å². The highest BCUT2D eigenvalue weighted by molar-refractivity contribution is 6.26. The number of aryl methyl sites for hydroxylation is 1. The second kappa shape index (κ2) is 11.9. The number of nitrogens with zero attached hydrogens (tertiary/aromatic N) is 4. The van der Waals surface area contributed by atoms with Crippen molar-refractivity contribution < 1.29 is 0 Å². The van der Waals surface area contributed by atoms with E-state index in [1.54, 1.807) is 0 Å². The van der Waals surface area contributed by atoms with Gasteiger partial charge in [-0.25, -0.2) is 0 Å². The molecule has 6 aromatic carbocycles. The maximum atomic E-state index is 2.57. The lowest BCUT2D eigenvalue weighted by molar-refractivity contribution is 0.713. The third-order valence-corrected chi connectivity index (χ3v) is 12.8. The molecule has 5 aliphatic rings. The number of rotatable bonds is 2. The zero-order valence-electron chi connectivity index (χ0n) is 31.5. The van der Waals surface area contributed by atoms with Gasteiger partial charge in [-0.15, -0.1) is 0 Å². The minimum Gasteiger partial charge on any atom is -0.365 e. The van der Waals surface area contributed by atoms with Gasteiger partial charge in [0.15, 0.2) is 0 Å². The number of hydrogen-bond donors (Lipinski definition) is 0. The van der Waals surface area contributed by atoms with Gasteiger partial charge in [0.2, 0.25) is 0 Å². The molecule has 4 heteroatoms. The van der Waals surface area contributed by atoms with Crippen LogP contribution in [0.15, 0.2) is 169 Å². The third-order valence-electron chi connectivity index (χ3n) is 12.8. The Morgan fingerprint density at radius 2 is 1.23 bits per heavy atom. The lowest BCUT2D eigenvalue weighted by atomic mass is 9.86. The summed E-state index contributed by atoms with van der Waals surface area (Å²) in [5.41, 5.74) is 17.7. The molecule has 2 atom stereocenters. The van der Waals surface area contributed by atoms with Gasteiger partial charge in [0.25, 0.3) is 0 Å². The Kier molecular flexibility index (Phi) is 6.68. The van der Waals surface area contributed by atoms with Crippen LogP contribution in [0.5, 0.6) is 0 Å². The van der Waals surface area contributed by atoms with Gasteiger partial charge in [-0.3, -0.25) is 0 Å². The lowest BCUT2D eigenvalue weighted by Gasteiger charge is -2.35. The number of fused-ring (bicyclic) bond motifs is 13. The van der Waals surface area contributed by atoms with Crippen molar-refractivity contribution in [2.45, 2.75) is 24.8 Å². The van der Waals surface area contributed by atoms with E-state index in [0.29, 0.717) is 0 Å². The lowest BCUT2D eigenvalue weighted by Crippen LogP contribution is -2.33. The molecule has 1 aromatic heterocycles. The van der Waals surface area contributed by atoms with E-state index in [1.165, 1.54) is 94.5 Å². The molecule has 56 heavy (non-hydrogen) atoms. The van der Waals surface area contributed by atoms with E-state index in [-0.39, 0.29) is 12.0 Å². The molecule has 7 aromatic rings. The third kappa shape index (κ3) is 4.35. The highest BCUT2D eigenvalue weighted by atomic mass is 15.2. The van der Waals surface area contributed by atoms with Gasteiger partial charge in [-0.05, 0) is 93.9 Å². The summed E-state index contributed by atoms with van der Waals surface area (Å²) in [6, 6.07) is 42.7. The van der Waals surface area contributed by atoms with Crippen molar-refractivity contribution in [2.75, 3.05) is 21.7 Å². The maximum absolute atomic E-state index is 2.57. The van der Waals surface area contributed by atoms with Crippen LogP contribution in [0, 0.1) is 0 Å². The van der Waals surface area contributed by atoms with Crippen molar-refractivity contribution in [3.05, 3.63) is 191 Å². The predicted molar refractivity (Wildman–Crippen MR) is 237 cm³/mol. The highest BCUT2D eigenvalue weighted by Gasteiger charge is 2.41. The summed E-state index contributed by atoms with van der Waals surface area (Å²) in [6.45, 7) is 0. The van der Waals surface area contributed by atoms with Crippen molar-refractivity contribution in [1.82, 2.24) is 4.57 Å². The van der Waals surface area contributed by atoms with Crippen LogP contribution in [0.4, 0.5) is 28.4 Å². The molecular weight excluding hydrogens is 681 g/mol. The summed E-state index contributed by atoms with van der Waals surface area (Å²) in [5, 5.41) is 5.29. The van der Waals surface area contributed by atoms with Gasteiger partial charge in [0, 0.05) is 47.9 Å². The first-order valence-electron chi connectivity index (χ1n) is 19.9. The van der Waals surface area contributed by atoms with Gasteiger partial charge in [0.05, 0.1) is 39.8 Å². The van der Waals surface area contributed by atoms with E-state index in [0.717, 1.165) is 18.5 Å². The number of benzene rings is 6. The molecule has 3 aliphatic heterocycles. The first kappa shape index (κ1) is 31.6. The normalized spacial score (nSPS) is 19.1. The average molecular weight is 721 g/mol. The fourth-order valence-electron chi connectivity index (χ4n) is 10.3. The van der Waals surface area contributed by atoms with Crippen LogP contribution in [0.1, 0.15) is 41.0 Å². The number of hydrogen-bond acceptors (Lipinski definition) is 3. The Balaban J connectivity index is 1.05. The highest BCUT2D eigenvalue weighted by Crippen LogP contribution is 2.54. The molecule has 2 unspecified atom stereocenters. The molecule has 0 bridgehead atoms. The maximum Gasteiger partial charge on any atom is 0.0736 e. The molecule has 4 heterocycles. The average Bonchev–Trinajstić information content (AvgIpc) is 3.54. The molecule has 0 spiro atoms. The summed E-state index contributed by atoms with van der Waals surface area (Å²) in [4.78, 5) is 7.54. The second-order valence-corrected chi connectivity index (χ2v) is 15.7. The molecule has 2 aliphatic carbocycles. The summed E-state index contributed by atoms with van der Waals surface area (Å²) in [5.74, 6) is 0.235. The van der Waals surface area contributed by atoms with Gasteiger partial charge in [-0.2, -0.15) is 0 Å². The molecule has 0 saturated heterocycles. The molecule has 0 N–H and O–H groups in total. The minimum absolute atomic E-state index is 0.178. The molecule has 4 nitrogen and oxygen atoms in total. The number of likely N-dealkylation sites (N-methyl/N-ethyl adjacent to an activating group) is 1. The van der Waals surface area contributed by atoms with Gasteiger partial charge in [-0.1, -0.05) is 127 Å². The van der Waals surface area contributed by atoms with E-state index >= 15 is 0 Å². The summed E-state index contributed by atoms with van der Waals surface area (Å²) in [6.07, 6.45) is 23.2. The molecule has 0 fully saturated rings. The first-order chi connectivity index (χ1) is 27.6. The van der Waals surface area contributed by atoms with Crippen molar-refractivity contribution in [3.63, 3.8) is 0 Å². The Morgan fingerprint density at radius 3 is 1.96 bits per heavy atom. The molecule has 0 radical (unpaired) electrons. The Hall–Kier alpha value is -6.78. The Morgan fingerprint density at radius 1 is 0.589 bits per heavy atom. The number of para-hydroxylation sites is 3. The van der Waals surface area contributed by atoms with E-state index in [2.05, 4.69) is 203 Å². The molecular formula is C52H40N4. The van der Waals surface area contributed by atoms with Gasteiger partial charge < -0.3 is 19.3 Å². The molecule has 0 amide bonds. The monoisotopic (exact) mass is 720 g/mol. The van der Waals surface area contributed by atoms with Gasteiger partial charge >= 0.3 is 0 Å². The summed E-state index contributed by atoms with van der Waals surface area (Å²) >= 11 is 0. The molecule has 268 valence electrons. The largest absolute Gasteiger partial charge is 0.365 e. The zero-order valence-corrected chi connectivity index (χ0v) is 31.5. The zero-order chi connectivity index (χ0) is 37.1. The van der Waals surface area contributed by atoms with Gasteiger partial charge in [0.1, 0.15) is 0 Å². The Labute approximate surface area is 327 Å². The van der Waals surface area contributed by atoms with E-state index < -0.39 is 0 Å². The number of anilines is 5. The van der Waals surface area contributed by atoms with Crippen molar-refractivity contribution in [2.24, 2.45) is 7.05 Å². The van der Waals surface area contributed by atoms with Crippen molar-refractivity contribution in [1.29, 1.82) is 0 Å². The van der Waals surface area contributed by atoms with Crippen LogP contribution in [-0.2, 0) is 7.05 Å². The summed E-state index contributed by atoms with van der Waals surface area (Å²) in [7, 11) is 4.59. The van der Waals surface area contributed by atoms with Crippen LogP contribution in [0.25, 0.3) is 50.8 Å². The van der Waals surface area contributed by atoms with E-state index in [1.807, 2.05) is 0 Å². The topological polar surface area (TPSA) is 14.7 Å². The quantitative estimate of drug-likeness (QED) is 0.177. The smallest absolute Gasteiger partial charge is 0.0736 e. The van der Waals surface area contributed by atoms with Crippen LogP contribution < -0.4 is 14.7 Å².